The second kappa shape index (κ2) is 6.49. The molecule has 3 rings (SSSR count). The summed E-state index contributed by atoms with van der Waals surface area (Å²) < 4.78 is 33.7. The minimum Gasteiger partial charge on any atom is -0.495 e. The maximum absolute atomic E-state index is 11.7. The van der Waals surface area contributed by atoms with Gasteiger partial charge >= 0.3 is 0 Å². The molecule has 6 nitrogen and oxygen atoms in total. The lowest BCUT2D eigenvalue weighted by Gasteiger charge is -2.17. The fraction of sp³-hybridized carbons (Fsp3) is 0.467. The SMILES string of the molecule is COc1ccc(-c2nc(C3CCCCC3)no2)cc1S(=O)(=O)Cl. The zero-order valence-corrected chi connectivity index (χ0v) is 14.2. The topological polar surface area (TPSA) is 82.3 Å². The molecule has 0 radical (unpaired) electrons. The Hall–Kier alpha value is -1.60. The normalized spacial score (nSPS) is 16.4. The second-order valence-corrected chi connectivity index (χ2v) is 8.13. The second-order valence-electron chi connectivity index (χ2n) is 5.60. The van der Waals surface area contributed by atoms with Crippen LogP contribution in [0.15, 0.2) is 27.6 Å². The molecule has 1 aliphatic rings. The van der Waals surface area contributed by atoms with Crippen LogP contribution in [0.25, 0.3) is 11.5 Å². The van der Waals surface area contributed by atoms with E-state index in [2.05, 4.69) is 10.1 Å². The molecule has 8 heteroatoms. The molecule has 0 saturated heterocycles. The number of ether oxygens (including phenoxy) is 1. The van der Waals surface area contributed by atoms with Crippen molar-refractivity contribution >= 4 is 19.7 Å². The van der Waals surface area contributed by atoms with Crippen LogP contribution in [-0.2, 0) is 9.05 Å². The molecule has 0 N–H and O–H groups in total. The van der Waals surface area contributed by atoms with Gasteiger partial charge in [-0.2, -0.15) is 4.98 Å². The van der Waals surface area contributed by atoms with Crippen LogP contribution < -0.4 is 4.74 Å². The first kappa shape index (κ1) is 16.3. The fourth-order valence-corrected chi connectivity index (χ4v) is 3.90. The summed E-state index contributed by atoms with van der Waals surface area (Å²) in [5, 5.41) is 4.05. The summed E-state index contributed by atoms with van der Waals surface area (Å²) in [5.41, 5.74) is 0.500. The zero-order chi connectivity index (χ0) is 16.4. The minimum absolute atomic E-state index is 0.114. The molecule has 1 aliphatic carbocycles. The molecule has 0 bridgehead atoms. The van der Waals surface area contributed by atoms with Crippen LogP contribution in [0.1, 0.15) is 43.8 Å². The highest BCUT2D eigenvalue weighted by Gasteiger charge is 2.23. The van der Waals surface area contributed by atoms with E-state index in [0.717, 1.165) is 12.8 Å². The summed E-state index contributed by atoms with van der Waals surface area (Å²) >= 11 is 0. The Labute approximate surface area is 139 Å². The number of hydrogen-bond donors (Lipinski definition) is 0. The molecule has 0 aliphatic heterocycles. The Balaban J connectivity index is 1.94. The lowest BCUT2D eigenvalue weighted by atomic mass is 9.89. The molecule has 1 aromatic carbocycles. The van der Waals surface area contributed by atoms with Gasteiger partial charge in [-0.1, -0.05) is 24.4 Å². The quantitative estimate of drug-likeness (QED) is 0.776. The number of aromatic nitrogens is 2. The summed E-state index contributed by atoms with van der Waals surface area (Å²) in [5.74, 6) is 1.46. The van der Waals surface area contributed by atoms with Gasteiger partial charge in [-0.05, 0) is 31.0 Å². The van der Waals surface area contributed by atoms with Gasteiger partial charge in [-0.15, -0.1) is 0 Å². The molecule has 2 aromatic rings. The third-order valence-electron chi connectivity index (χ3n) is 4.09. The number of benzene rings is 1. The van der Waals surface area contributed by atoms with Crippen LogP contribution in [0, 0.1) is 0 Å². The molecule has 1 fully saturated rings. The van der Waals surface area contributed by atoms with E-state index >= 15 is 0 Å². The molecule has 0 unspecified atom stereocenters. The van der Waals surface area contributed by atoms with Crippen molar-refractivity contribution in [2.45, 2.75) is 42.9 Å². The van der Waals surface area contributed by atoms with Crippen LogP contribution in [-0.4, -0.2) is 25.7 Å². The van der Waals surface area contributed by atoms with Gasteiger partial charge in [0.15, 0.2) is 5.82 Å². The van der Waals surface area contributed by atoms with Gasteiger partial charge in [0.25, 0.3) is 14.9 Å². The van der Waals surface area contributed by atoms with Crippen molar-refractivity contribution in [2.24, 2.45) is 0 Å². The van der Waals surface area contributed by atoms with Gasteiger partial charge in [0, 0.05) is 22.2 Å². The van der Waals surface area contributed by atoms with Gasteiger partial charge in [0.2, 0.25) is 0 Å². The van der Waals surface area contributed by atoms with Gasteiger partial charge in [0.05, 0.1) is 7.11 Å². The third kappa shape index (κ3) is 3.50. The minimum atomic E-state index is -3.93. The lowest BCUT2D eigenvalue weighted by Crippen LogP contribution is -2.06. The molecule has 0 amide bonds. The Morgan fingerprint density at radius 1 is 1.26 bits per heavy atom. The van der Waals surface area contributed by atoms with Gasteiger partial charge in [-0.25, -0.2) is 8.42 Å². The molecule has 23 heavy (non-hydrogen) atoms. The average Bonchev–Trinajstić information content (AvgIpc) is 3.04. The van der Waals surface area contributed by atoms with Crippen LogP contribution >= 0.6 is 10.7 Å². The Bertz CT molecular complexity index is 798. The van der Waals surface area contributed by atoms with Crippen molar-refractivity contribution in [3.63, 3.8) is 0 Å². The van der Waals surface area contributed by atoms with Crippen molar-refractivity contribution < 1.29 is 17.7 Å². The molecular formula is C15H17ClN2O4S. The van der Waals surface area contributed by atoms with Crippen molar-refractivity contribution in [1.29, 1.82) is 0 Å². The predicted molar refractivity (Wildman–Crippen MR) is 85.2 cm³/mol. The van der Waals surface area contributed by atoms with E-state index in [0.29, 0.717) is 17.3 Å². The highest BCUT2D eigenvalue weighted by atomic mass is 35.7. The van der Waals surface area contributed by atoms with Gasteiger partial charge < -0.3 is 9.26 Å². The first-order chi connectivity index (χ1) is 11.0. The van der Waals surface area contributed by atoms with E-state index < -0.39 is 9.05 Å². The first-order valence-electron chi connectivity index (χ1n) is 7.45. The first-order valence-corrected chi connectivity index (χ1v) is 9.76. The number of methoxy groups -OCH3 is 1. The van der Waals surface area contributed by atoms with E-state index in [4.69, 9.17) is 19.9 Å². The predicted octanol–water partition coefficient (Wildman–Crippen LogP) is 3.72. The van der Waals surface area contributed by atoms with Crippen LogP contribution in [0.2, 0.25) is 0 Å². The Kier molecular flexibility index (Phi) is 4.59. The molecule has 0 spiro atoms. The van der Waals surface area contributed by atoms with Crippen molar-refractivity contribution in [1.82, 2.24) is 10.1 Å². The Morgan fingerprint density at radius 2 is 2.00 bits per heavy atom. The largest absolute Gasteiger partial charge is 0.495 e. The molecule has 1 saturated carbocycles. The summed E-state index contributed by atoms with van der Waals surface area (Å²) in [6, 6.07) is 4.58. The highest BCUT2D eigenvalue weighted by Crippen LogP contribution is 2.34. The summed E-state index contributed by atoms with van der Waals surface area (Å²) in [7, 11) is 2.91. The molecule has 0 atom stereocenters. The monoisotopic (exact) mass is 356 g/mol. The highest BCUT2D eigenvalue weighted by molar-refractivity contribution is 8.13. The molecular weight excluding hydrogens is 340 g/mol. The molecule has 124 valence electrons. The number of nitrogens with zero attached hydrogens (tertiary/aromatic N) is 2. The number of halogens is 1. The van der Waals surface area contributed by atoms with E-state index in [1.807, 2.05) is 0 Å². The van der Waals surface area contributed by atoms with Crippen molar-refractivity contribution in [3.8, 4) is 17.2 Å². The van der Waals surface area contributed by atoms with Crippen molar-refractivity contribution in [2.75, 3.05) is 7.11 Å². The number of rotatable bonds is 4. The average molecular weight is 357 g/mol. The number of hydrogen-bond acceptors (Lipinski definition) is 6. The third-order valence-corrected chi connectivity index (χ3v) is 5.43. The van der Waals surface area contributed by atoms with Gasteiger partial charge in [0.1, 0.15) is 10.6 Å². The van der Waals surface area contributed by atoms with E-state index in [9.17, 15) is 8.42 Å². The maximum Gasteiger partial charge on any atom is 0.265 e. The van der Waals surface area contributed by atoms with E-state index in [1.165, 1.54) is 38.5 Å². The van der Waals surface area contributed by atoms with E-state index in [1.54, 1.807) is 6.07 Å². The standard InChI is InChI=1S/C15H17ClN2O4S/c1-21-12-8-7-11(9-13(12)23(16,19)20)15-17-14(18-22-15)10-5-3-2-4-6-10/h7-10H,2-6H2,1H3. The van der Waals surface area contributed by atoms with E-state index in [-0.39, 0.29) is 16.5 Å². The molecule has 1 heterocycles. The lowest BCUT2D eigenvalue weighted by molar-refractivity contribution is 0.385. The van der Waals surface area contributed by atoms with Crippen LogP contribution in [0.4, 0.5) is 0 Å². The maximum atomic E-state index is 11.7. The summed E-state index contributed by atoms with van der Waals surface area (Å²) in [6.45, 7) is 0. The Morgan fingerprint density at radius 3 is 2.65 bits per heavy atom. The zero-order valence-electron chi connectivity index (χ0n) is 12.7. The van der Waals surface area contributed by atoms with Gasteiger partial charge in [-0.3, -0.25) is 0 Å². The van der Waals surface area contributed by atoms with Crippen molar-refractivity contribution in [3.05, 3.63) is 24.0 Å². The van der Waals surface area contributed by atoms with Crippen LogP contribution in [0.5, 0.6) is 5.75 Å². The fourth-order valence-electron chi connectivity index (χ4n) is 2.88. The smallest absolute Gasteiger partial charge is 0.265 e. The summed E-state index contributed by atoms with van der Waals surface area (Å²) in [4.78, 5) is 4.31. The van der Waals surface area contributed by atoms with Crippen LogP contribution in [0.3, 0.4) is 0 Å². The summed E-state index contributed by atoms with van der Waals surface area (Å²) in [6.07, 6.45) is 5.71. The molecule has 1 aromatic heterocycles.